The number of carbonyl (C=O) groups is 1. The van der Waals surface area contributed by atoms with Gasteiger partial charge < -0.3 is 15.2 Å². The molecule has 1 atom stereocenters. The van der Waals surface area contributed by atoms with Crippen LogP contribution in [0.2, 0.25) is 0 Å². The molecule has 1 fully saturated rings. The molecular weight excluding hydrogens is 350 g/mol. The van der Waals surface area contributed by atoms with Crippen LogP contribution in [0.15, 0.2) is 47.3 Å². The Morgan fingerprint density at radius 3 is 2.77 bits per heavy atom. The van der Waals surface area contributed by atoms with Crippen molar-refractivity contribution in [2.24, 2.45) is 0 Å². The minimum Gasteiger partial charge on any atom is -0.352 e. The lowest BCUT2D eigenvalue weighted by molar-refractivity contribution is 0.0951. The first-order valence-electron chi connectivity index (χ1n) is 8.91. The predicted molar refractivity (Wildman–Crippen MR) is 106 cm³/mol. The number of benzene rings is 1. The normalized spacial score (nSPS) is 16.1. The summed E-state index contributed by atoms with van der Waals surface area (Å²) in [6, 6.07) is 13.1. The molecule has 6 heteroatoms. The first-order valence-corrected chi connectivity index (χ1v) is 8.91. The van der Waals surface area contributed by atoms with E-state index in [4.69, 9.17) is 0 Å². The largest absolute Gasteiger partial charge is 0.352 e. The van der Waals surface area contributed by atoms with Crippen LogP contribution in [0.5, 0.6) is 0 Å². The summed E-state index contributed by atoms with van der Waals surface area (Å²) in [5.41, 5.74) is 2.84. The Morgan fingerprint density at radius 1 is 1.23 bits per heavy atom. The van der Waals surface area contributed by atoms with Gasteiger partial charge in [-0.3, -0.25) is 9.59 Å². The summed E-state index contributed by atoms with van der Waals surface area (Å²) in [6.45, 7) is 5.02. The Morgan fingerprint density at radius 2 is 2.04 bits per heavy atom. The average Bonchev–Trinajstić information content (AvgIpc) is 3.15. The smallest absolute Gasteiger partial charge is 0.251 e. The second-order valence-corrected chi connectivity index (χ2v) is 6.54. The van der Waals surface area contributed by atoms with Crippen molar-refractivity contribution in [1.29, 1.82) is 0 Å². The molecule has 1 unspecified atom stereocenters. The highest BCUT2D eigenvalue weighted by atomic mass is 35.5. The zero-order valence-corrected chi connectivity index (χ0v) is 15.8. The Bertz CT molecular complexity index is 798. The van der Waals surface area contributed by atoms with Crippen molar-refractivity contribution < 1.29 is 4.79 Å². The lowest BCUT2D eigenvalue weighted by Crippen LogP contribution is -2.28. The molecule has 0 saturated carbocycles. The number of hydrogen-bond acceptors (Lipinski definition) is 3. The van der Waals surface area contributed by atoms with Gasteiger partial charge >= 0.3 is 0 Å². The SMILES string of the molecule is Cc1cccc(=O)n1CCCNC(=O)c1ccccc1C1CCNC1.Cl. The minimum atomic E-state index is -0.0281. The summed E-state index contributed by atoms with van der Waals surface area (Å²) >= 11 is 0. The number of aryl methyl sites for hydroxylation is 1. The molecule has 1 aromatic heterocycles. The van der Waals surface area contributed by atoms with Crippen molar-refractivity contribution >= 4 is 18.3 Å². The monoisotopic (exact) mass is 375 g/mol. The highest BCUT2D eigenvalue weighted by molar-refractivity contribution is 5.95. The summed E-state index contributed by atoms with van der Waals surface area (Å²) < 4.78 is 1.74. The van der Waals surface area contributed by atoms with Crippen LogP contribution < -0.4 is 16.2 Å². The standard InChI is InChI=1S/C20H25N3O2.ClH/c1-15-6-4-9-19(24)23(15)13-5-11-22-20(25)18-8-3-2-7-17(18)16-10-12-21-14-16;/h2-4,6-9,16,21H,5,10-14H2,1H3,(H,22,25);1H. The molecule has 2 N–H and O–H groups in total. The molecule has 0 bridgehead atoms. The topological polar surface area (TPSA) is 63.1 Å². The van der Waals surface area contributed by atoms with E-state index in [9.17, 15) is 9.59 Å². The summed E-state index contributed by atoms with van der Waals surface area (Å²) in [7, 11) is 0. The van der Waals surface area contributed by atoms with Crippen molar-refractivity contribution in [3.63, 3.8) is 0 Å². The fourth-order valence-corrected chi connectivity index (χ4v) is 3.42. The number of pyridine rings is 1. The highest BCUT2D eigenvalue weighted by Gasteiger charge is 2.21. The number of amides is 1. The van der Waals surface area contributed by atoms with Crippen LogP contribution in [-0.4, -0.2) is 30.1 Å². The number of halogens is 1. The van der Waals surface area contributed by atoms with Gasteiger partial charge in [0.1, 0.15) is 0 Å². The van der Waals surface area contributed by atoms with Gasteiger partial charge in [0.2, 0.25) is 0 Å². The van der Waals surface area contributed by atoms with Gasteiger partial charge in [0.05, 0.1) is 0 Å². The number of aromatic nitrogens is 1. The lowest BCUT2D eigenvalue weighted by Gasteiger charge is -2.15. The minimum absolute atomic E-state index is 0. The maximum Gasteiger partial charge on any atom is 0.251 e. The van der Waals surface area contributed by atoms with Crippen LogP contribution in [0.4, 0.5) is 0 Å². The first-order chi connectivity index (χ1) is 12.2. The highest BCUT2D eigenvalue weighted by Crippen LogP contribution is 2.25. The van der Waals surface area contributed by atoms with Crippen molar-refractivity contribution in [2.75, 3.05) is 19.6 Å². The molecule has 1 aliphatic heterocycles. The van der Waals surface area contributed by atoms with Gasteiger partial charge in [0.25, 0.3) is 11.5 Å². The number of carbonyl (C=O) groups excluding carboxylic acids is 1. The van der Waals surface area contributed by atoms with E-state index in [1.807, 2.05) is 31.2 Å². The molecule has 1 amide bonds. The Hall–Kier alpha value is -2.11. The fraction of sp³-hybridized carbons (Fsp3) is 0.400. The quantitative estimate of drug-likeness (QED) is 0.762. The van der Waals surface area contributed by atoms with E-state index >= 15 is 0 Å². The van der Waals surface area contributed by atoms with Gasteiger partial charge in [-0.15, -0.1) is 12.4 Å². The van der Waals surface area contributed by atoms with Crippen molar-refractivity contribution in [3.8, 4) is 0 Å². The molecule has 0 spiro atoms. The Kier molecular flexibility index (Phi) is 7.42. The second kappa shape index (κ2) is 9.55. The maximum atomic E-state index is 12.6. The molecule has 0 radical (unpaired) electrons. The maximum absolute atomic E-state index is 12.6. The molecular formula is C20H26ClN3O2. The zero-order valence-electron chi connectivity index (χ0n) is 15.0. The van der Waals surface area contributed by atoms with Crippen LogP contribution >= 0.6 is 12.4 Å². The van der Waals surface area contributed by atoms with E-state index in [1.165, 1.54) is 0 Å². The van der Waals surface area contributed by atoms with Crippen LogP contribution in [0.1, 0.15) is 40.4 Å². The van der Waals surface area contributed by atoms with Gasteiger partial charge in [-0.1, -0.05) is 24.3 Å². The molecule has 2 aromatic rings. The summed E-state index contributed by atoms with van der Waals surface area (Å²) in [4.78, 5) is 24.4. The molecule has 1 saturated heterocycles. The van der Waals surface area contributed by atoms with E-state index in [0.717, 1.165) is 42.8 Å². The first kappa shape index (κ1) is 20.2. The molecule has 26 heavy (non-hydrogen) atoms. The third-order valence-electron chi connectivity index (χ3n) is 4.82. The van der Waals surface area contributed by atoms with E-state index in [0.29, 0.717) is 19.0 Å². The lowest BCUT2D eigenvalue weighted by atomic mass is 9.93. The average molecular weight is 376 g/mol. The van der Waals surface area contributed by atoms with E-state index in [-0.39, 0.29) is 23.9 Å². The van der Waals surface area contributed by atoms with Crippen LogP contribution in [-0.2, 0) is 6.54 Å². The molecule has 0 aliphatic carbocycles. The molecule has 5 nitrogen and oxygen atoms in total. The van der Waals surface area contributed by atoms with Gasteiger partial charge in [0, 0.05) is 37.0 Å². The third-order valence-corrected chi connectivity index (χ3v) is 4.82. The number of hydrogen-bond donors (Lipinski definition) is 2. The van der Waals surface area contributed by atoms with Crippen LogP contribution in [0, 0.1) is 6.92 Å². The number of nitrogens with zero attached hydrogens (tertiary/aromatic N) is 1. The van der Waals surface area contributed by atoms with Crippen molar-refractivity contribution in [3.05, 3.63) is 69.6 Å². The third kappa shape index (κ3) is 4.74. The Labute approximate surface area is 160 Å². The van der Waals surface area contributed by atoms with Crippen LogP contribution in [0.25, 0.3) is 0 Å². The zero-order chi connectivity index (χ0) is 17.6. The van der Waals surface area contributed by atoms with Gasteiger partial charge in [-0.2, -0.15) is 0 Å². The summed E-state index contributed by atoms with van der Waals surface area (Å²) in [6.07, 6.45) is 1.80. The molecule has 3 rings (SSSR count). The fourth-order valence-electron chi connectivity index (χ4n) is 3.42. The van der Waals surface area contributed by atoms with E-state index in [2.05, 4.69) is 16.7 Å². The molecule has 140 valence electrons. The molecule has 1 aromatic carbocycles. The van der Waals surface area contributed by atoms with Crippen molar-refractivity contribution in [2.45, 2.75) is 32.2 Å². The van der Waals surface area contributed by atoms with Crippen LogP contribution in [0.3, 0.4) is 0 Å². The number of nitrogens with one attached hydrogen (secondary N) is 2. The number of rotatable bonds is 6. The van der Waals surface area contributed by atoms with Gasteiger partial charge in [-0.05, 0) is 49.9 Å². The van der Waals surface area contributed by atoms with E-state index in [1.54, 1.807) is 16.7 Å². The van der Waals surface area contributed by atoms with E-state index < -0.39 is 0 Å². The van der Waals surface area contributed by atoms with Gasteiger partial charge in [-0.25, -0.2) is 0 Å². The second-order valence-electron chi connectivity index (χ2n) is 6.54. The summed E-state index contributed by atoms with van der Waals surface area (Å²) in [5, 5.41) is 6.35. The molecule has 2 heterocycles. The van der Waals surface area contributed by atoms with Gasteiger partial charge in [0.15, 0.2) is 0 Å². The Balaban J connectivity index is 0.00000243. The van der Waals surface area contributed by atoms with Crippen molar-refractivity contribution in [1.82, 2.24) is 15.2 Å². The summed E-state index contributed by atoms with van der Waals surface area (Å²) in [5.74, 6) is 0.382. The molecule has 1 aliphatic rings. The predicted octanol–water partition coefficient (Wildman–Crippen LogP) is 2.48.